The largest absolute Gasteiger partial charge is 0.465 e. The molecular formula is C23H24N4O3S2. The number of carbonyl (C=O) groups is 2. The molecule has 166 valence electrons. The van der Waals surface area contributed by atoms with Gasteiger partial charge in [0.1, 0.15) is 16.4 Å². The maximum absolute atomic E-state index is 12.8. The summed E-state index contributed by atoms with van der Waals surface area (Å²) in [6.45, 7) is 6.35. The van der Waals surface area contributed by atoms with Crippen molar-refractivity contribution in [3.63, 3.8) is 0 Å². The molecule has 1 aliphatic carbocycles. The number of aromatic nitrogens is 3. The van der Waals surface area contributed by atoms with Gasteiger partial charge in [0.15, 0.2) is 5.16 Å². The fourth-order valence-corrected chi connectivity index (χ4v) is 5.36. The van der Waals surface area contributed by atoms with Crippen LogP contribution in [-0.4, -0.2) is 39.5 Å². The van der Waals surface area contributed by atoms with E-state index in [9.17, 15) is 9.59 Å². The van der Waals surface area contributed by atoms with Crippen LogP contribution in [0, 0.1) is 6.92 Å². The fourth-order valence-electron chi connectivity index (χ4n) is 3.53. The van der Waals surface area contributed by atoms with Crippen molar-refractivity contribution < 1.29 is 14.3 Å². The lowest BCUT2D eigenvalue weighted by Crippen LogP contribution is -2.16. The van der Waals surface area contributed by atoms with Crippen molar-refractivity contribution in [3.8, 4) is 11.1 Å². The molecule has 0 saturated heterocycles. The molecule has 2 aromatic heterocycles. The summed E-state index contributed by atoms with van der Waals surface area (Å²) in [6, 6.07) is 9.62. The number of rotatable bonds is 9. The number of carbonyl (C=O) groups excluding carboxylic acids is 2. The third-order valence-corrected chi connectivity index (χ3v) is 7.11. The second kappa shape index (κ2) is 9.70. The highest BCUT2D eigenvalue weighted by Crippen LogP contribution is 2.41. The SMILES string of the molecule is C=CCn1c(SCC(=O)Nc2sc(C)c(-c3ccccc3)c2C(=O)OC)nnc1C1CC1. The summed E-state index contributed by atoms with van der Waals surface area (Å²) in [6.07, 6.45) is 4.05. The van der Waals surface area contributed by atoms with Gasteiger partial charge in [-0.1, -0.05) is 48.2 Å². The predicted octanol–water partition coefficient (Wildman–Crippen LogP) is 4.90. The first kappa shape index (κ1) is 22.3. The maximum Gasteiger partial charge on any atom is 0.341 e. The standard InChI is InChI=1S/C23H24N4O3S2/c1-4-12-27-20(16-10-11-16)25-26-23(27)31-13-17(28)24-21-19(22(29)30-3)18(14(2)32-21)15-8-6-5-7-9-15/h4-9,16H,1,10-13H2,2-3H3,(H,24,28). The first-order valence-corrected chi connectivity index (χ1v) is 12.1. The van der Waals surface area contributed by atoms with Crippen LogP contribution in [0.5, 0.6) is 0 Å². The zero-order chi connectivity index (χ0) is 22.7. The molecule has 2 heterocycles. The topological polar surface area (TPSA) is 86.1 Å². The summed E-state index contributed by atoms with van der Waals surface area (Å²) in [4.78, 5) is 26.3. The van der Waals surface area contributed by atoms with Gasteiger partial charge in [0.05, 0.1) is 12.9 Å². The summed E-state index contributed by atoms with van der Waals surface area (Å²) in [5, 5.41) is 12.7. The van der Waals surface area contributed by atoms with Gasteiger partial charge >= 0.3 is 5.97 Å². The van der Waals surface area contributed by atoms with Gasteiger partial charge in [-0.2, -0.15) is 0 Å². The Morgan fingerprint density at radius 2 is 2.06 bits per heavy atom. The number of allylic oxidation sites excluding steroid dienone is 1. The lowest BCUT2D eigenvalue weighted by Gasteiger charge is -2.09. The van der Waals surface area contributed by atoms with Gasteiger partial charge in [-0.15, -0.1) is 28.1 Å². The van der Waals surface area contributed by atoms with E-state index in [0.717, 1.165) is 34.7 Å². The Balaban J connectivity index is 1.53. The van der Waals surface area contributed by atoms with E-state index in [1.54, 1.807) is 0 Å². The number of esters is 1. The number of ether oxygens (including phenoxy) is 1. The van der Waals surface area contributed by atoms with Crippen molar-refractivity contribution >= 4 is 40.0 Å². The Kier molecular flexibility index (Phi) is 6.76. The van der Waals surface area contributed by atoms with Crippen molar-refractivity contribution in [1.82, 2.24) is 14.8 Å². The molecule has 1 amide bonds. The molecule has 1 N–H and O–H groups in total. The van der Waals surface area contributed by atoms with Crippen LogP contribution in [0.15, 0.2) is 48.1 Å². The smallest absolute Gasteiger partial charge is 0.341 e. The number of hydrogen-bond acceptors (Lipinski definition) is 7. The average Bonchev–Trinajstić information content (AvgIpc) is 3.48. The number of hydrogen-bond donors (Lipinski definition) is 1. The highest BCUT2D eigenvalue weighted by Gasteiger charge is 2.30. The summed E-state index contributed by atoms with van der Waals surface area (Å²) in [5.41, 5.74) is 2.07. The lowest BCUT2D eigenvalue weighted by molar-refractivity contribution is -0.113. The molecule has 0 bridgehead atoms. The molecule has 0 atom stereocenters. The highest BCUT2D eigenvalue weighted by atomic mass is 32.2. The molecule has 0 radical (unpaired) electrons. The van der Waals surface area contributed by atoms with Crippen LogP contribution in [0.4, 0.5) is 5.00 Å². The Morgan fingerprint density at radius 1 is 1.31 bits per heavy atom. The van der Waals surface area contributed by atoms with E-state index in [1.807, 2.05) is 47.9 Å². The van der Waals surface area contributed by atoms with Crippen LogP contribution in [0.2, 0.25) is 0 Å². The van der Waals surface area contributed by atoms with Gasteiger partial charge in [-0.25, -0.2) is 4.79 Å². The second-order valence-electron chi connectivity index (χ2n) is 7.45. The summed E-state index contributed by atoms with van der Waals surface area (Å²) in [5.74, 6) is 0.872. The number of anilines is 1. The minimum absolute atomic E-state index is 0.151. The predicted molar refractivity (Wildman–Crippen MR) is 127 cm³/mol. The Morgan fingerprint density at radius 3 is 2.72 bits per heavy atom. The molecule has 0 unspecified atom stereocenters. The number of thiophene rings is 1. The number of benzene rings is 1. The average molecular weight is 469 g/mol. The minimum Gasteiger partial charge on any atom is -0.465 e. The van der Waals surface area contributed by atoms with Gasteiger partial charge in [0, 0.05) is 22.9 Å². The fraction of sp³-hybridized carbons (Fsp3) is 0.304. The Labute approximate surface area is 194 Å². The molecular weight excluding hydrogens is 444 g/mol. The van der Waals surface area contributed by atoms with Crippen molar-refractivity contribution in [2.45, 2.75) is 37.4 Å². The van der Waals surface area contributed by atoms with Gasteiger partial charge < -0.3 is 14.6 Å². The summed E-state index contributed by atoms with van der Waals surface area (Å²) in [7, 11) is 1.34. The molecule has 1 aliphatic rings. The molecule has 0 aliphatic heterocycles. The summed E-state index contributed by atoms with van der Waals surface area (Å²) >= 11 is 2.69. The Bertz CT molecular complexity index is 1150. The normalized spacial score (nSPS) is 13.1. The van der Waals surface area contributed by atoms with Gasteiger partial charge in [-0.3, -0.25) is 4.79 Å². The van der Waals surface area contributed by atoms with E-state index in [2.05, 4.69) is 22.1 Å². The van der Waals surface area contributed by atoms with Gasteiger partial charge in [0.2, 0.25) is 5.91 Å². The van der Waals surface area contributed by atoms with Crippen molar-refractivity contribution in [2.24, 2.45) is 0 Å². The van der Waals surface area contributed by atoms with Crippen LogP contribution < -0.4 is 5.32 Å². The van der Waals surface area contributed by atoms with E-state index < -0.39 is 5.97 Å². The lowest BCUT2D eigenvalue weighted by atomic mass is 10.0. The summed E-state index contributed by atoms with van der Waals surface area (Å²) < 4.78 is 7.04. The first-order valence-electron chi connectivity index (χ1n) is 10.3. The molecule has 1 aromatic carbocycles. The zero-order valence-electron chi connectivity index (χ0n) is 18.0. The number of nitrogens with one attached hydrogen (secondary N) is 1. The quantitative estimate of drug-likeness (QED) is 0.273. The van der Waals surface area contributed by atoms with E-state index in [4.69, 9.17) is 4.74 Å². The number of aryl methyl sites for hydroxylation is 1. The Hall–Kier alpha value is -2.91. The maximum atomic E-state index is 12.8. The number of thioether (sulfide) groups is 1. The van der Waals surface area contributed by atoms with Gasteiger partial charge in [-0.05, 0) is 25.3 Å². The van der Waals surface area contributed by atoms with Crippen LogP contribution in [0.1, 0.15) is 39.8 Å². The third kappa shape index (κ3) is 4.63. The number of amides is 1. The molecule has 9 heteroatoms. The first-order chi connectivity index (χ1) is 15.5. The van der Waals surface area contributed by atoms with E-state index >= 15 is 0 Å². The van der Waals surface area contributed by atoms with Gasteiger partial charge in [0.25, 0.3) is 0 Å². The second-order valence-corrected chi connectivity index (χ2v) is 9.61. The highest BCUT2D eigenvalue weighted by molar-refractivity contribution is 7.99. The molecule has 7 nitrogen and oxygen atoms in total. The van der Waals surface area contributed by atoms with E-state index in [0.29, 0.717) is 28.2 Å². The molecule has 4 rings (SSSR count). The molecule has 32 heavy (non-hydrogen) atoms. The van der Waals surface area contributed by atoms with Crippen molar-refractivity contribution in [1.29, 1.82) is 0 Å². The zero-order valence-corrected chi connectivity index (χ0v) is 19.6. The monoisotopic (exact) mass is 468 g/mol. The van der Waals surface area contributed by atoms with Crippen molar-refractivity contribution in [3.05, 3.63) is 59.3 Å². The van der Waals surface area contributed by atoms with Crippen LogP contribution in [0.3, 0.4) is 0 Å². The van der Waals surface area contributed by atoms with Crippen molar-refractivity contribution in [2.75, 3.05) is 18.2 Å². The third-order valence-electron chi connectivity index (χ3n) is 5.12. The number of nitrogens with zero attached hydrogens (tertiary/aromatic N) is 3. The van der Waals surface area contributed by atoms with Crippen LogP contribution >= 0.6 is 23.1 Å². The minimum atomic E-state index is -0.476. The molecule has 3 aromatic rings. The van der Waals surface area contributed by atoms with Crippen LogP contribution in [-0.2, 0) is 16.1 Å². The molecule has 0 spiro atoms. The van der Waals surface area contributed by atoms with E-state index in [-0.39, 0.29) is 11.7 Å². The molecule has 1 fully saturated rings. The van der Waals surface area contributed by atoms with E-state index in [1.165, 1.54) is 30.2 Å². The number of methoxy groups -OCH3 is 1. The van der Waals surface area contributed by atoms with Crippen LogP contribution in [0.25, 0.3) is 11.1 Å². The molecule has 1 saturated carbocycles.